The Morgan fingerprint density at radius 3 is 2.34 bits per heavy atom. The summed E-state index contributed by atoms with van der Waals surface area (Å²) >= 11 is 0. The number of aryl methyl sites for hydroxylation is 1. The summed E-state index contributed by atoms with van der Waals surface area (Å²) in [5.74, 6) is 0.361. The molecule has 3 rings (SSSR count). The molecule has 1 aromatic heterocycles. The maximum atomic E-state index is 13.6. The first-order valence-corrected chi connectivity index (χ1v) is 10.9. The second-order valence-corrected chi connectivity index (χ2v) is 8.30. The van der Waals surface area contributed by atoms with Gasteiger partial charge >= 0.3 is 6.18 Å². The molecule has 4 nitrogen and oxygen atoms in total. The van der Waals surface area contributed by atoms with Crippen molar-refractivity contribution in [2.75, 3.05) is 10.6 Å². The van der Waals surface area contributed by atoms with Gasteiger partial charge in [0.15, 0.2) is 0 Å². The second kappa shape index (κ2) is 10.5. The lowest BCUT2D eigenvalue weighted by Gasteiger charge is -2.15. The summed E-state index contributed by atoms with van der Waals surface area (Å²) in [5.41, 5.74) is 2.63. The summed E-state index contributed by atoms with van der Waals surface area (Å²) in [6.45, 7) is 6.40. The number of aromatic nitrogens is 2. The highest BCUT2D eigenvalue weighted by atomic mass is 19.4. The molecule has 0 fully saturated rings. The quantitative estimate of drug-likeness (QED) is 0.360. The second-order valence-electron chi connectivity index (χ2n) is 8.30. The van der Waals surface area contributed by atoms with E-state index in [0.717, 1.165) is 37.4 Å². The molecule has 3 aromatic rings. The number of hydrogen-bond acceptors (Lipinski definition) is 4. The fourth-order valence-electron chi connectivity index (χ4n) is 3.39. The fourth-order valence-corrected chi connectivity index (χ4v) is 3.39. The number of rotatable bonds is 9. The first kappa shape index (κ1) is 23.6. The van der Waals surface area contributed by atoms with Gasteiger partial charge in [0.1, 0.15) is 11.4 Å². The van der Waals surface area contributed by atoms with Gasteiger partial charge in [-0.1, -0.05) is 51.5 Å². The smallest absolute Gasteiger partial charge is 0.340 e. The van der Waals surface area contributed by atoms with Gasteiger partial charge in [-0.25, -0.2) is 4.98 Å². The minimum atomic E-state index is -4.57. The monoisotopic (exact) mass is 442 g/mol. The summed E-state index contributed by atoms with van der Waals surface area (Å²) in [6.07, 6.45) is 0.152. The minimum Gasteiger partial charge on any atom is -0.340 e. The molecular weight excluding hydrogens is 413 g/mol. The molecule has 0 saturated carbocycles. The van der Waals surface area contributed by atoms with E-state index >= 15 is 0 Å². The van der Waals surface area contributed by atoms with Crippen LogP contribution in [0.3, 0.4) is 0 Å². The molecule has 0 amide bonds. The predicted molar refractivity (Wildman–Crippen MR) is 124 cm³/mol. The molecule has 7 heteroatoms. The highest BCUT2D eigenvalue weighted by Crippen LogP contribution is 2.35. The minimum absolute atomic E-state index is 0.0965. The SMILES string of the molecule is CCCCc1cccc(Nc2nc(Nc3ccc(CC(C)C)cc3)ncc2C(F)(F)F)c1. The zero-order valence-corrected chi connectivity index (χ0v) is 18.6. The standard InChI is InChI=1S/C25H29F3N4/c1-4-5-7-18-8-6-9-21(15-18)30-23-22(25(26,27)28)16-29-24(32-23)31-20-12-10-19(11-13-20)14-17(2)3/h6,8-13,15-17H,4-5,7,14H2,1-3H3,(H2,29,30,31,32). The van der Waals surface area contributed by atoms with Gasteiger partial charge in [-0.3, -0.25) is 0 Å². The van der Waals surface area contributed by atoms with Crippen LogP contribution in [0, 0.1) is 5.92 Å². The molecule has 2 aromatic carbocycles. The molecule has 0 saturated heterocycles. The number of alkyl halides is 3. The Hall–Kier alpha value is -3.09. The lowest BCUT2D eigenvalue weighted by Crippen LogP contribution is -2.12. The van der Waals surface area contributed by atoms with E-state index in [1.807, 2.05) is 42.5 Å². The summed E-state index contributed by atoms with van der Waals surface area (Å²) in [4.78, 5) is 8.03. The molecule has 0 unspecified atom stereocenters. The van der Waals surface area contributed by atoms with Crippen molar-refractivity contribution in [1.29, 1.82) is 0 Å². The molecule has 0 bridgehead atoms. The Bertz CT molecular complexity index is 1010. The molecule has 0 spiro atoms. The van der Waals surface area contributed by atoms with E-state index in [-0.39, 0.29) is 11.8 Å². The van der Waals surface area contributed by atoms with Gasteiger partial charge in [0.05, 0.1) is 0 Å². The Morgan fingerprint density at radius 1 is 0.938 bits per heavy atom. The summed E-state index contributed by atoms with van der Waals surface area (Å²) in [5, 5.41) is 5.84. The number of anilines is 4. The van der Waals surface area contributed by atoms with E-state index in [9.17, 15) is 13.2 Å². The summed E-state index contributed by atoms with van der Waals surface area (Å²) in [6, 6.07) is 15.1. The van der Waals surface area contributed by atoms with Gasteiger partial charge in [0, 0.05) is 17.6 Å². The Morgan fingerprint density at radius 2 is 1.69 bits per heavy atom. The van der Waals surface area contributed by atoms with Crippen molar-refractivity contribution >= 4 is 23.1 Å². The van der Waals surface area contributed by atoms with E-state index in [1.165, 1.54) is 5.56 Å². The van der Waals surface area contributed by atoms with Crippen LogP contribution in [0.15, 0.2) is 54.7 Å². The van der Waals surface area contributed by atoms with Crippen LogP contribution >= 0.6 is 0 Å². The van der Waals surface area contributed by atoms with E-state index in [4.69, 9.17) is 0 Å². The third-order valence-corrected chi connectivity index (χ3v) is 4.96. The number of nitrogens with one attached hydrogen (secondary N) is 2. The van der Waals surface area contributed by atoms with Gasteiger partial charge in [0.2, 0.25) is 5.95 Å². The number of unbranched alkanes of at least 4 members (excludes halogenated alkanes) is 1. The molecule has 0 atom stereocenters. The van der Waals surface area contributed by atoms with Gasteiger partial charge in [0.25, 0.3) is 0 Å². The van der Waals surface area contributed by atoms with Crippen LogP contribution in [-0.2, 0) is 19.0 Å². The van der Waals surface area contributed by atoms with Crippen LogP contribution in [-0.4, -0.2) is 9.97 Å². The molecule has 0 aliphatic carbocycles. The van der Waals surface area contributed by atoms with Crippen molar-refractivity contribution < 1.29 is 13.2 Å². The molecule has 1 heterocycles. The lowest BCUT2D eigenvalue weighted by molar-refractivity contribution is -0.137. The average Bonchev–Trinajstić information content (AvgIpc) is 2.73. The summed E-state index contributed by atoms with van der Waals surface area (Å²) < 4.78 is 40.7. The number of nitrogens with zero attached hydrogens (tertiary/aromatic N) is 2. The maximum Gasteiger partial charge on any atom is 0.421 e. The van der Waals surface area contributed by atoms with Gasteiger partial charge < -0.3 is 10.6 Å². The van der Waals surface area contributed by atoms with Crippen LogP contribution in [0.2, 0.25) is 0 Å². The first-order valence-electron chi connectivity index (χ1n) is 10.9. The van der Waals surface area contributed by atoms with Crippen LogP contribution in [0.1, 0.15) is 50.3 Å². The maximum absolute atomic E-state index is 13.6. The van der Waals surface area contributed by atoms with E-state index in [0.29, 0.717) is 17.3 Å². The highest BCUT2D eigenvalue weighted by molar-refractivity contribution is 5.63. The van der Waals surface area contributed by atoms with Gasteiger partial charge in [-0.2, -0.15) is 18.2 Å². The molecule has 0 radical (unpaired) electrons. The molecule has 2 N–H and O–H groups in total. The number of hydrogen-bond donors (Lipinski definition) is 2. The van der Waals surface area contributed by atoms with Crippen molar-refractivity contribution in [2.24, 2.45) is 5.92 Å². The molecule has 32 heavy (non-hydrogen) atoms. The topological polar surface area (TPSA) is 49.8 Å². The number of benzene rings is 2. The van der Waals surface area contributed by atoms with Crippen molar-refractivity contribution in [1.82, 2.24) is 9.97 Å². The molecular formula is C25H29F3N4. The van der Waals surface area contributed by atoms with Crippen LogP contribution in [0.25, 0.3) is 0 Å². The zero-order chi connectivity index (χ0) is 23.1. The van der Waals surface area contributed by atoms with Crippen molar-refractivity contribution in [2.45, 2.75) is 52.6 Å². The largest absolute Gasteiger partial charge is 0.421 e. The van der Waals surface area contributed by atoms with Crippen LogP contribution in [0.5, 0.6) is 0 Å². The van der Waals surface area contributed by atoms with Crippen LogP contribution in [0.4, 0.5) is 36.3 Å². The van der Waals surface area contributed by atoms with Crippen LogP contribution < -0.4 is 10.6 Å². The molecule has 170 valence electrons. The Labute approximate surface area is 187 Å². The van der Waals surface area contributed by atoms with Gasteiger partial charge in [-0.05, 0) is 60.6 Å². The van der Waals surface area contributed by atoms with Crippen molar-refractivity contribution in [3.63, 3.8) is 0 Å². The third-order valence-electron chi connectivity index (χ3n) is 4.96. The number of halogens is 3. The zero-order valence-electron chi connectivity index (χ0n) is 18.6. The van der Waals surface area contributed by atoms with E-state index in [1.54, 1.807) is 6.07 Å². The normalized spacial score (nSPS) is 11.6. The Kier molecular flexibility index (Phi) is 7.72. The molecule has 0 aliphatic heterocycles. The molecule has 0 aliphatic rings. The summed E-state index contributed by atoms with van der Waals surface area (Å²) in [7, 11) is 0. The first-order chi connectivity index (χ1) is 15.2. The lowest BCUT2D eigenvalue weighted by atomic mass is 10.0. The predicted octanol–water partition coefficient (Wildman–Crippen LogP) is 7.52. The highest BCUT2D eigenvalue weighted by Gasteiger charge is 2.35. The third kappa shape index (κ3) is 6.70. The van der Waals surface area contributed by atoms with Crippen molar-refractivity contribution in [3.05, 3.63) is 71.4 Å². The fraction of sp³-hybridized carbons (Fsp3) is 0.360. The average molecular weight is 443 g/mol. The Balaban J connectivity index is 1.84. The van der Waals surface area contributed by atoms with Crippen molar-refractivity contribution in [3.8, 4) is 0 Å². The van der Waals surface area contributed by atoms with E-state index < -0.39 is 11.7 Å². The van der Waals surface area contributed by atoms with Gasteiger partial charge in [-0.15, -0.1) is 0 Å². The van der Waals surface area contributed by atoms with E-state index in [2.05, 4.69) is 41.4 Å².